The molecule has 1 N–H and O–H groups in total. The Kier molecular flexibility index (Phi) is 5.16. The highest BCUT2D eigenvalue weighted by atomic mass is 16.5. The first-order chi connectivity index (χ1) is 10.7. The summed E-state index contributed by atoms with van der Waals surface area (Å²) in [6.07, 6.45) is 0.859. The van der Waals surface area contributed by atoms with Gasteiger partial charge in [-0.15, -0.1) is 0 Å². The average molecular weight is 294 g/mol. The average Bonchev–Trinajstić information content (AvgIpc) is 2.55. The van der Waals surface area contributed by atoms with E-state index in [-0.39, 0.29) is 12.5 Å². The van der Waals surface area contributed by atoms with E-state index in [2.05, 4.69) is 12.2 Å². The van der Waals surface area contributed by atoms with Crippen molar-refractivity contribution in [2.75, 3.05) is 11.9 Å². The first-order valence-electron chi connectivity index (χ1n) is 7.15. The molecular weight excluding hydrogens is 276 g/mol. The summed E-state index contributed by atoms with van der Waals surface area (Å²) in [6.45, 7) is 4.04. The second-order valence-corrected chi connectivity index (χ2v) is 4.89. The summed E-state index contributed by atoms with van der Waals surface area (Å²) >= 11 is 0. The summed E-state index contributed by atoms with van der Waals surface area (Å²) in [7, 11) is 0. The maximum absolute atomic E-state index is 12.4. The number of carbonyl (C=O) groups excluding carboxylic acids is 1. The molecule has 4 nitrogen and oxygen atoms in total. The number of rotatable bonds is 5. The summed E-state index contributed by atoms with van der Waals surface area (Å²) in [5, 5.41) is 11.4. The van der Waals surface area contributed by atoms with E-state index >= 15 is 0 Å². The number of nitrogens with one attached hydrogen (secondary N) is 1. The zero-order valence-corrected chi connectivity index (χ0v) is 12.7. The molecule has 0 aliphatic rings. The van der Waals surface area contributed by atoms with Crippen LogP contribution in [0, 0.1) is 18.3 Å². The zero-order valence-electron chi connectivity index (χ0n) is 12.7. The normalized spacial score (nSPS) is 9.86. The molecule has 0 spiro atoms. The van der Waals surface area contributed by atoms with E-state index in [1.165, 1.54) is 0 Å². The molecule has 112 valence electrons. The molecule has 0 bridgehead atoms. The van der Waals surface area contributed by atoms with Gasteiger partial charge in [0.1, 0.15) is 11.8 Å². The Hall–Kier alpha value is -2.80. The van der Waals surface area contributed by atoms with Crippen molar-refractivity contribution < 1.29 is 9.53 Å². The van der Waals surface area contributed by atoms with E-state index in [0.29, 0.717) is 11.3 Å². The van der Waals surface area contributed by atoms with Crippen LogP contribution >= 0.6 is 0 Å². The second-order valence-electron chi connectivity index (χ2n) is 4.89. The molecule has 2 rings (SSSR count). The lowest BCUT2D eigenvalue weighted by molar-refractivity contribution is 0.102. The Balaban J connectivity index is 2.14. The van der Waals surface area contributed by atoms with Gasteiger partial charge >= 0.3 is 0 Å². The first-order valence-corrected chi connectivity index (χ1v) is 7.15. The van der Waals surface area contributed by atoms with Gasteiger partial charge in [-0.3, -0.25) is 4.79 Å². The maximum atomic E-state index is 12.4. The minimum absolute atomic E-state index is 0.00534. The van der Waals surface area contributed by atoms with Crippen LogP contribution in [0.4, 0.5) is 5.69 Å². The van der Waals surface area contributed by atoms with Crippen molar-refractivity contribution in [2.24, 2.45) is 0 Å². The van der Waals surface area contributed by atoms with E-state index in [1.54, 1.807) is 24.3 Å². The van der Waals surface area contributed by atoms with Crippen molar-refractivity contribution in [2.45, 2.75) is 20.3 Å². The molecule has 4 heteroatoms. The van der Waals surface area contributed by atoms with Crippen LogP contribution in [0.15, 0.2) is 42.5 Å². The largest absolute Gasteiger partial charge is 0.479 e. The van der Waals surface area contributed by atoms with Crippen molar-refractivity contribution in [3.8, 4) is 11.8 Å². The highest BCUT2D eigenvalue weighted by Gasteiger charge is 2.10. The van der Waals surface area contributed by atoms with Crippen LogP contribution in [0.2, 0.25) is 0 Å². The number of hydrogen-bond donors (Lipinski definition) is 1. The van der Waals surface area contributed by atoms with Crippen molar-refractivity contribution in [1.82, 2.24) is 0 Å². The topological polar surface area (TPSA) is 62.1 Å². The fourth-order valence-corrected chi connectivity index (χ4v) is 2.21. The van der Waals surface area contributed by atoms with Crippen molar-refractivity contribution in [3.63, 3.8) is 0 Å². The first kappa shape index (κ1) is 15.6. The molecule has 0 fully saturated rings. The number of aryl methyl sites for hydroxylation is 2. The number of anilines is 1. The van der Waals surface area contributed by atoms with Gasteiger partial charge < -0.3 is 10.1 Å². The summed E-state index contributed by atoms with van der Waals surface area (Å²) in [4.78, 5) is 12.4. The quantitative estimate of drug-likeness (QED) is 0.914. The second kappa shape index (κ2) is 7.28. The molecule has 0 aliphatic carbocycles. The van der Waals surface area contributed by atoms with E-state index in [9.17, 15) is 4.79 Å². The standard InChI is InChI=1S/C18H18N2O2/c1-3-14-6-4-5-13(2)17(14)20-18(21)15-7-9-16(10-8-15)22-12-11-19/h4-10H,3,12H2,1-2H3,(H,20,21). The molecule has 22 heavy (non-hydrogen) atoms. The van der Waals surface area contributed by atoms with Crippen LogP contribution in [0.5, 0.6) is 5.75 Å². The highest BCUT2D eigenvalue weighted by molar-refractivity contribution is 6.05. The van der Waals surface area contributed by atoms with Gasteiger partial charge in [-0.1, -0.05) is 25.1 Å². The van der Waals surface area contributed by atoms with Gasteiger partial charge in [-0.25, -0.2) is 0 Å². The minimum atomic E-state index is -0.157. The lowest BCUT2D eigenvalue weighted by Gasteiger charge is -2.13. The lowest BCUT2D eigenvalue weighted by atomic mass is 10.1. The van der Waals surface area contributed by atoms with E-state index in [0.717, 1.165) is 23.2 Å². The van der Waals surface area contributed by atoms with Crippen molar-refractivity contribution in [3.05, 3.63) is 59.2 Å². The molecule has 0 saturated heterocycles. The van der Waals surface area contributed by atoms with Gasteiger partial charge in [0.2, 0.25) is 0 Å². The predicted octanol–water partition coefficient (Wildman–Crippen LogP) is 3.71. The van der Waals surface area contributed by atoms with E-state index in [1.807, 2.05) is 31.2 Å². The highest BCUT2D eigenvalue weighted by Crippen LogP contribution is 2.22. The molecule has 1 amide bonds. The maximum Gasteiger partial charge on any atom is 0.255 e. The Morgan fingerprint density at radius 3 is 2.59 bits per heavy atom. The van der Waals surface area contributed by atoms with Crippen LogP contribution in [0.3, 0.4) is 0 Å². The van der Waals surface area contributed by atoms with Crippen molar-refractivity contribution in [1.29, 1.82) is 5.26 Å². The number of benzene rings is 2. The number of ether oxygens (including phenoxy) is 1. The summed E-state index contributed by atoms with van der Waals surface area (Å²) in [5.41, 5.74) is 3.58. The number of hydrogen-bond acceptors (Lipinski definition) is 3. The fourth-order valence-electron chi connectivity index (χ4n) is 2.21. The number of nitriles is 1. The molecule has 0 atom stereocenters. The third kappa shape index (κ3) is 3.64. The van der Waals surface area contributed by atoms with Crippen LogP contribution in [0.1, 0.15) is 28.4 Å². The fraction of sp³-hybridized carbons (Fsp3) is 0.222. The SMILES string of the molecule is CCc1cccc(C)c1NC(=O)c1ccc(OCC#N)cc1. The van der Waals surface area contributed by atoms with Crippen LogP contribution in [-0.4, -0.2) is 12.5 Å². The molecule has 0 aromatic heterocycles. The third-order valence-corrected chi connectivity index (χ3v) is 3.40. The smallest absolute Gasteiger partial charge is 0.255 e. The molecule has 2 aromatic rings. The van der Waals surface area contributed by atoms with E-state index < -0.39 is 0 Å². The number of amides is 1. The Morgan fingerprint density at radius 1 is 1.23 bits per heavy atom. The van der Waals surface area contributed by atoms with Crippen molar-refractivity contribution >= 4 is 11.6 Å². The minimum Gasteiger partial charge on any atom is -0.479 e. The Labute approximate surface area is 130 Å². The molecule has 0 radical (unpaired) electrons. The molecule has 0 unspecified atom stereocenters. The summed E-state index contributed by atoms with van der Waals surface area (Å²) in [6, 6.07) is 14.6. The van der Waals surface area contributed by atoms with E-state index in [4.69, 9.17) is 10.00 Å². The van der Waals surface area contributed by atoms with Crippen LogP contribution in [0.25, 0.3) is 0 Å². The zero-order chi connectivity index (χ0) is 15.9. The predicted molar refractivity (Wildman–Crippen MR) is 86.1 cm³/mol. The number of carbonyl (C=O) groups is 1. The monoisotopic (exact) mass is 294 g/mol. The van der Waals surface area contributed by atoms with Crippen LogP contribution in [-0.2, 0) is 6.42 Å². The number of nitrogens with zero attached hydrogens (tertiary/aromatic N) is 1. The summed E-state index contributed by atoms with van der Waals surface area (Å²) in [5.74, 6) is 0.416. The Bertz CT molecular complexity index is 700. The van der Waals surface area contributed by atoms with Gasteiger partial charge in [0.15, 0.2) is 6.61 Å². The molecule has 2 aromatic carbocycles. The van der Waals surface area contributed by atoms with Gasteiger partial charge in [-0.05, 0) is 48.7 Å². The molecular formula is C18H18N2O2. The van der Waals surface area contributed by atoms with Gasteiger partial charge in [0.25, 0.3) is 5.91 Å². The number of para-hydroxylation sites is 1. The van der Waals surface area contributed by atoms with Gasteiger partial charge in [0.05, 0.1) is 0 Å². The van der Waals surface area contributed by atoms with Gasteiger partial charge in [0, 0.05) is 11.3 Å². The van der Waals surface area contributed by atoms with Gasteiger partial charge in [-0.2, -0.15) is 5.26 Å². The van der Waals surface area contributed by atoms with Crippen LogP contribution < -0.4 is 10.1 Å². The molecule has 0 aliphatic heterocycles. The third-order valence-electron chi connectivity index (χ3n) is 3.40. The molecule has 0 saturated carbocycles. The summed E-state index contributed by atoms with van der Waals surface area (Å²) < 4.78 is 5.17. The lowest BCUT2D eigenvalue weighted by Crippen LogP contribution is -2.14. The Morgan fingerprint density at radius 2 is 1.95 bits per heavy atom. The molecule has 0 heterocycles.